The Bertz CT molecular complexity index is 594. The summed E-state index contributed by atoms with van der Waals surface area (Å²) in [6, 6.07) is 3.76. The molecular weight excluding hydrogens is 295 g/mol. The van der Waals surface area contributed by atoms with Crippen molar-refractivity contribution in [2.24, 2.45) is 23.7 Å². The first-order valence-corrected chi connectivity index (χ1v) is 9.81. The molecule has 1 aromatic carbocycles. The molecule has 0 saturated heterocycles. The summed E-state index contributed by atoms with van der Waals surface area (Å²) in [6.07, 6.45) is 11.0. The van der Waals surface area contributed by atoms with Crippen LogP contribution in [0.15, 0.2) is 12.1 Å². The largest absolute Gasteiger partial charge is 0.206 e. The highest BCUT2D eigenvalue weighted by Gasteiger charge is 2.29. The minimum atomic E-state index is -0.0946. The van der Waals surface area contributed by atoms with Gasteiger partial charge in [0, 0.05) is 11.5 Å². The molecule has 0 unspecified atom stereocenters. The summed E-state index contributed by atoms with van der Waals surface area (Å²) in [4.78, 5) is 0. The lowest BCUT2D eigenvalue weighted by atomic mass is 9.69. The Balaban J connectivity index is 1.54. The third kappa shape index (κ3) is 4.21. The molecule has 0 N–H and O–H groups in total. The highest BCUT2D eigenvalue weighted by Crippen LogP contribution is 2.41. The number of hydrogen-bond acceptors (Lipinski definition) is 0. The summed E-state index contributed by atoms with van der Waals surface area (Å²) in [7, 11) is 0. The fourth-order valence-electron chi connectivity index (χ4n) is 4.70. The fourth-order valence-corrected chi connectivity index (χ4v) is 4.70. The molecule has 0 aromatic heterocycles. The van der Waals surface area contributed by atoms with E-state index in [0.29, 0.717) is 17.0 Å². The van der Waals surface area contributed by atoms with Gasteiger partial charge in [0.2, 0.25) is 0 Å². The van der Waals surface area contributed by atoms with Crippen molar-refractivity contribution in [3.63, 3.8) is 0 Å². The lowest BCUT2D eigenvalue weighted by molar-refractivity contribution is 0.162. The summed E-state index contributed by atoms with van der Waals surface area (Å²) in [5.41, 5.74) is 2.37. The maximum atomic E-state index is 13.7. The maximum absolute atomic E-state index is 13.7. The zero-order chi connectivity index (χ0) is 17.1. The molecule has 0 amide bonds. The zero-order valence-electron chi connectivity index (χ0n) is 15.5. The second-order valence-electron chi connectivity index (χ2n) is 8.33. The second kappa shape index (κ2) is 7.73. The number of rotatable bonds is 1. The Hall–Kier alpha value is -1.29. The maximum Gasteiger partial charge on any atom is 0.129 e. The van der Waals surface area contributed by atoms with Crippen LogP contribution < -0.4 is 0 Å². The highest BCUT2D eigenvalue weighted by molar-refractivity contribution is 5.41. The van der Waals surface area contributed by atoms with Gasteiger partial charge in [-0.1, -0.05) is 31.6 Å². The topological polar surface area (TPSA) is 0 Å². The molecule has 0 atom stereocenters. The number of aryl methyl sites for hydroxylation is 2. The molecular formula is C23H31F. The lowest BCUT2D eigenvalue weighted by Crippen LogP contribution is -2.24. The summed E-state index contributed by atoms with van der Waals surface area (Å²) in [6.45, 7) is 6.05. The third-order valence-corrected chi connectivity index (χ3v) is 6.36. The van der Waals surface area contributed by atoms with E-state index in [-0.39, 0.29) is 5.82 Å². The molecule has 2 aliphatic carbocycles. The van der Waals surface area contributed by atoms with Crippen molar-refractivity contribution >= 4 is 0 Å². The summed E-state index contributed by atoms with van der Waals surface area (Å²) in [5.74, 6) is 10.1. The van der Waals surface area contributed by atoms with Crippen LogP contribution in [-0.4, -0.2) is 0 Å². The molecule has 2 aliphatic rings. The molecule has 130 valence electrons. The smallest absolute Gasteiger partial charge is 0.129 e. The van der Waals surface area contributed by atoms with Crippen molar-refractivity contribution in [3.8, 4) is 11.8 Å². The Morgan fingerprint density at radius 1 is 0.833 bits per heavy atom. The second-order valence-corrected chi connectivity index (χ2v) is 8.33. The molecule has 0 heterocycles. The Morgan fingerprint density at radius 3 is 1.88 bits per heavy atom. The molecule has 0 bridgehead atoms. The Morgan fingerprint density at radius 2 is 1.33 bits per heavy atom. The zero-order valence-corrected chi connectivity index (χ0v) is 15.5. The summed E-state index contributed by atoms with van der Waals surface area (Å²) >= 11 is 0. The normalized spacial score (nSPS) is 30.5. The predicted molar refractivity (Wildman–Crippen MR) is 99.3 cm³/mol. The quantitative estimate of drug-likeness (QED) is 0.522. The third-order valence-electron chi connectivity index (χ3n) is 6.36. The predicted octanol–water partition coefficient (Wildman–Crippen LogP) is 6.43. The molecule has 0 radical (unpaired) electrons. The van der Waals surface area contributed by atoms with Crippen molar-refractivity contribution in [2.75, 3.05) is 0 Å². The molecule has 2 saturated carbocycles. The van der Waals surface area contributed by atoms with E-state index >= 15 is 0 Å². The van der Waals surface area contributed by atoms with Crippen molar-refractivity contribution in [2.45, 2.75) is 72.1 Å². The van der Waals surface area contributed by atoms with E-state index in [1.165, 1.54) is 51.4 Å². The van der Waals surface area contributed by atoms with Crippen LogP contribution in [0.1, 0.15) is 75.0 Å². The van der Waals surface area contributed by atoms with E-state index in [0.717, 1.165) is 23.3 Å². The molecule has 1 aromatic rings. The minimum absolute atomic E-state index is 0.0946. The number of halogens is 1. The molecule has 2 fully saturated rings. The van der Waals surface area contributed by atoms with Crippen molar-refractivity contribution in [3.05, 3.63) is 34.6 Å². The highest BCUT2D eigenvalue weighted by atomic mass is 19.1. The first-order chi connectivity index (χ1) is 11.5. The van der Waals surface area contributed by atoms with Gasteiger partial charge >= 0.3 is 0 Å². The molecule has 0 nitrogen and oxygen atoms in total. The van der Waals surface area contributed by atoms with Gasteiger partial charge in [-0.25, -0.2) is 4.39 Å². The number of benzene rings is 1. The molecule has 0 spiro atoms. The van der Waals surface area contributed by atoms with Gasteiger partial charge < -0.3 is 0 Å². The Kier molecular flexibility index (Phi) is 5.65. The molecule has 1 heteroatoms. The van der Waals surface area contributed by atoms with Crippen LogP contribution in [0.4, 0.5) is 4.39 Å². The average Bonchev–Trinajstić information content (AvgIpc) is 2.59. The number of hydrogen-bond donors (Lipinski definition) is 0. The van der Waals surface area contributed by atoms with Crippen LogP contribution in [-0.2, 0) is 0 Å². The van der Waals surface area contributed by atoms with Crippen LogP contribution in [0.3, 0.4) is 0 Å². The first-order valence-electron chi connectivity index (χ1n) is 9.81. The average molecular weight is 326 g/mol. The molecule has 0 aliphatic heterocycles. The van der Waals surface area contributed by atoms with Crippen LogP contribution >= 0.6 is 0 Å². The van der Waals surface area contributed by atoms with Crippen LogP contribution in [0.5, 0.6) is 0 Å². The standard InChI is InChI=1S/C23H31F/c1-16-4-10-21(11-5-16)22-12-8-19(9-13-22)6-7-20-14-17(2)23(24)18(3)15-20/h14-16,19,21-22H,4-5,8-13H2,1-3H3. The molecule has 24 heavy (non-hydrogen) atoms. The van der Waals surface area contributed by atoms with Gasteiger partial charge in [0.25, 0.3) is 0 Å². The van der Waals surface area contributed by atoms with Crippen molar-refractivity contribution in [1.82, 2.24) is 0 Å². The summed E-state index contributed by atoms with van der Waals surface area (Å²) < 4.78 is 13.7. The van der Waals surface area contributed by atoms with Gasteiger partial charge in [-0.2, -0.15) is 0 Å². The fraction of sp³-hybridized carbons (Fsp3) is 0.652. The van der Waals surface area contributed by atoms with Crippen LogP contribution in [0.2, 0.25) is 0 Å². The minimum Gasteiger partial charge on any atom is -0.206 e. The van der Waals surface area contributed by atoms with Crippen molar-refractivity contribution in [1.29, 1.82) is 0 Å². The van der Waals surface area contributed by atoms with Gasteiger partial charge in [0.1, 0.15) is 5.82 Å². The van der Waals surface area contributed by atoms with Crippen LogP contribution in [0, 0.1) is 55.2 Å². The lowest BCUT2D eigenvalue weighted by Gasteiger charge is -2.36. The van der Waals surface area contributed by atoms with Gasteiger partial charge in [0.05, 0.1) is 0 Å². The van der Waals surface area contributed by atoms with E-state index in [1.807, 2.05) is 26.0 Å². The monoisotopic (exact) mass is 326 g/mol. The van der Waals surface area contributed by atoms with Gasteiger partial charge in [-0.3, -0.25) is 0 Å². The SMILES string of the molecule is Cc1cc(C#CC2CCC(C3CCC(C)CC3)CC2)cc(C)c1F. The van der Waals surface area contributed by atoms with E-state index in [4.69, 9.17) is 0 Å². The van der Waals surface area contributed by atoms with Gasteiger partial charge in [-0.15, -0.1) is 0 Å². The van der Waals surface area contributed by atoms with E-state index < -0.39 is 0 Å². The Labute approximate surface area is 147 Å². The van der Waals surface area contributed by atoms with E-state index in [2.05, 4.69) is 18.8 Å². The molecule has 3 rings (SSSR count). The van der Waals surface area contributed by atoms with Gasteiger partial charge in [-0.05, 0) is 93.4 Å². The van der Waals surface area contributed by atoms with Gasteiger partial charge in [0.15, 0.2) is 0 Å². The summed E-state index contributed by atoms with van der Waals surface area (Å²) in [5, 5.41) is 0. The van der Waals surface area contributed by atoms with Crippen molar-refractivity contribution < 1.29 is 4.39 Å². The van der Waals surface area contributed by atoms with E-state index in [9.17, 15) is 4.39 Å². The van der Waals surface area contributed by atoms with E-state index in [1.54, 1.807) is 0 Å². The van der Waals surface area contributed by atoms with Crippen LogP contribution in [0.25, 0.3) is 0 Å². The first kappa shape index (κ1) is 17.5.